The second kappa shape index (κ2) is 4.37. The minimum atomic E-state index is 0.221. The van der Waals surface area contributed by atoms with Crippen molar-refractivity contribution in [1.82, 2.24) is 0 Å². The predicted molar refractivity (Wildman–Crippen MR) is 94.6 cm³/mol. The Morgan fingerprint density at radius 1 is 0.773 bits per heavy atom. The lowest BCUT2D eigenvalue weighted by Crippen LogP contribution is -2.15. The first-order valence-electron chi connectivity index (χ1n) is 8.91. The van der Waals surface area contributed by atoms with Crippen molar-refractivity contribution in [2.75, 3.05) is 0 Å². The van der Waals surface area contributed by atoms with E-state index < -0.39 is 0 Å². The maximum atomic E-state index is 2.53. The Balaban J connectivity index is 1.69. The third-order valence-corrected chi connectivity index (χ3v) is 6.28. The van der Waals surface area contributed by atoms with Crippen molar-refractivity contribution in [1.29, 1.82) is 0 Å². The van der Waals surface area contributed by atoms with Gasteiger partial charge in [-0.25, -0.2) is 0 Å². The van der Waals surface area contributed by atoms with Gasteiger partial charge in [-0.15, -0.1) is 0 Å². The summed E-state index contributed by atoms with van der Waals surface area (Å²) >= 11 is 0. The SMILES string of the molecule is CC(C)C1=CC2=C(C1)C1=C(C2)C2=C(C=C(C(C)C)C2)C1(C)C. The monoisotopic (exact) mass is 292 g/mol. The van der Waals surface area contributed by atoms with Crippen LogP contribution in [0.3, 0.4) is 0 Å². The van der Waals surface area contributed by atoms with Crippen LogP contribution in [0.5, 0.6) is 0 Å². The Morgan fingerprint density at radius 2 is 1.36 bits per heavy atom. The molecule has 0 N–H and O–H groups in total. The standard InChI is InChI=1S/C22H28/c1-12(2)14-7-16-10-19-18-9-15(13(3)4)11-20(18)22(5,6)21(19)17(16)8-14/h7,11-13H,8-10H2,1-6H3. The van der Waals surface area contributed by atoms with Crippen LogP contribution in [-0.2, 0) is 0 Å². The van der Waals surface area contributed by atoms with Crippen LogP contribution in [-0.4, -0.2) is 0 Å². The first kappa shape index (κ1) is 14.3. The molecule has 0 radical (unpaired) electrons. The Hall–Kier alpha value is -1.30. The van der Waals surface area contributed by atoms with Crippen LogP contribution in [0.25, 0.3) is 0 Å². The molecule has 4 aliphatic rings. The van der Waals surface area contributed by atoms with Gasteiger partial charge in [-0.1, -0.05) is 64.8 Å². The van der Waals surface area contributed by atoms with Crippen LogP contribution in [0.1, 0.15) is 60.8 Å². The van der Waals surface area contributed by atoms with E-state index >= 15 is 0 Å². The van der Waals surface area contributed by atoms with Crippen molar-refractivity contribution in [3.63, 3.8) is 0 Å². The van der Waals surface area contributed by atoms with Crippen LogP contribution in [0.15, 0.2) is 56.7 Å². The molecule has 0 aromatic carbocycles. The number of allylic oxidation sites excluding steroid dienone is 10. The third-order valence-electron chi connectivity index (χ3n) is 6.28. The average Bonchev–Trinajstić information content (AvgIpc) is 3.10. The van der Waals surface area contributed by atoms with Gasteiger partial charge in [-0.2, -0.15) is 0 Å². The molecule has 0 fully saturated rings. The Bertz CT molecular complexity index is 724. The first-order chi connectivity index (χ1) is 10.3. The van der Waals surface area contributed by atoms with Gasteiger partial charge in [0, 0.05) is 5.41 Å². The van der Waals surface area contributed by atoms with E-state index in [4.69, 9.17) is 0 Å². The molecule has 0 aromatic rings. The summed E-state index contributed by atoms with van der Waals surface area (Å²) in [7, 11) is 0. The molecule has 116 valence electrons. The molecule has 0 spiro atoms. The minimum Gasteiger partial charge on any atom is -0.0630 e. The van der Waals surface area contributed by atoms with Crippen LogP contribution < -0.4 is 0 Å². The van der Waals surface area contributed by atoms with E-state index in [1.54, 1.807) is 44.6 Å². The number of hydrogen-bond acceptors (Lipinski definition) is 0. The van der Waals surface area contributed by atoms with Gasteiger partial charge in [0.2, 0.25) is 0 Å². The summed E-state index contributed by atoms with van der Waals surface area (Å²) in [6.45, 7) is 14.2. The Kier molecular flexibility index (Phi) is 2.84. The van der Waals surface area contributed by atoms with E-state index in [1.165, 1.54) is 19.3 Å². The lowest BCUT2D eigenvalue weighted by molar-refractivity contribution is 0.565. The maximum absolute atomic E-state index is 2.53. The summed E-state index contributed by atoms with van der Waals surface area (Å²) in [4.78, 5) is 0. The van der Waals surface area contributed by atoms with E-state index in [-0.39, 0.29) is 5.41 Å². The Labute approximate surface area is 135 Å². The van der Waals surface area contributed by atoms with Gasteiger partial charge in [0.05, 0.1) is 0 Å². The summed E-state index contributed by atoms with van der Waals surface area (Å²) in [5, 5.41) is 0. The predicted octanol–water partition coefficient (Wildman–Crippen LogP) is 6.29. The van der Waals surface area contributed by atoms with Crippen molar-refractivity contribution in [3.8, 4) is 0 Å². The molecule has 22 heavy (non-hydrogen) atoms. The minimum absolute atomic E-state index is 0.221. The fraction of sp³-hybridized carbons (Fsp3) is 0.545. The van der Waals surface area contributed by atoms with E-state index in [0.29, 0.717) is 11.8 Å². The smallest absolute Gasteiger partial charge is 0.0155 e. The van der Waals surface area contributed by atoms with Crippen LogP contribution in [0, 0.1) is 17.3 Å². The van der Waals surface area contributed by atoms with Crippen molar-refractivity contribution >= 4 is 0 Å². The van der Waals surface area contributed by atoms with Crippen LogP contribution in [0.4, 0.5) is 0 Å². The zero-order valence-corrected chi connectivity index (χ0v) is 14.9. The van der Waals surface area contributed by atoms with Crippen molar-refractivity contribution in [2.45, 2.75) is 60.8 Å². The van der Waals surface area contributed by atoms with Crippen LogP contribution >= 0.6 is 0 Å². The van der Waals surface area contributed by atoms with Gasteiger partial charge in [-0.3, -0.25) is 0 Å². The summed E-state index contributed by atoms with van der Waals surface area (Å²) < 4.78 is 0. The second-order valence-corrected chi connectivity index (χ2v) is 8.65. The largest absolute Gasteiger partial charge is 0.0630 e. The molecule has 0 amide bonds. The summed E-state index contributed by atoms with van der Waals surface area (Å²) in [5.41, 5.74) is 13.5. The van der Waals surface area contributed by atoms with Crippen molar-refractivity contribution < 1.29 is 0 Å². The normalized spacial score (nSPS) is 25.5. The summed E-state index contributed by atoms with van der Waals surface area (Å²) in [6, 6.07) is 0. The highest BCUT2D eigenvalue weighted by atomic mass is 14.5. The van der Waals surface area contributed by atoms with Crippen molar-refractivity contribution in [2.24, 2.45) is 17.3 Å². The van der Waals surface area contributed by atoms with Gasteiger partial charge in [0.15, 0.2) is 0 Å². The number of fused-ring (bicyclic) bond motifs is 2. The fourth-order valence-electron chi connectivity index (χ4n) is 4.89. The molecule has 0 unspecified atom stereocenters. The number of rotatable bonds is 2. The highest BCUT2D eigenvalue weighted by molar-refractivity contribution is 5.73. The molecule has 0 heterocycles. The topological polar surface area (TPSA) is 0 Å². The summed E-state index contributed by atoms with van der Waals surface area (Å²) in [6.07, 6.45) is 8.65. The highest BCUT2D eigenvalue weighted by Crippen LogP contribution is 2.61. The second-order valence-electron chi connectivity index (χ2n) is 8.65. The first-order valence-corrected chi connectivity index (χ1v) is 8.91. The van der Waals surface area contributed by atoms with Crippen LogP contribution in [0.2, 0.25) is 0 Å². The maximum Gasteiger partial charge on any atom is 0.0155 e. The third kappa shape index (κ3) is 1.70. The van der Waals surface area contributed by atoms with E-state index in [9.17, 15) is 0 Å². The lowest BCUT2D eigenvalue weighted by Gasteiger charge is -2.27. The molecule has 0 heteroatoms. The summed E-state index contributed by atoms with van der Waals surface area (Å²) in [5.74, 6) is 1.37. The molecule has 4 aliphatic carbocycles. The van der Waals surface area contributed by atoms with E-state index in [1.807, 2.05) is 0 Å². The molecule has 0 nitrogen and oxygen atoms in total. The van der Waals surface area contributed by atoms with Gasteiger partial charge < -0.3 is 0 Å². The molecule has 0 atom stereocenters. The molecule has 0 aliphatic heterocycles. The quantitative estimate of drug-likeness (QED) is 0.561. The number of hydrogen-bond donors (Lipinski definition) is 0. The zero-order valence-electron chi connectivity index (χ0n) is 14.9. The zero-order chi connectivity index (χ0) is 15.8. The van der Waals surface area contributed by atoms with Crippen molar-refractivity contribution in [3.05, 3.63) is 56.7 Å². The van der Waals surface area contributed by atoms with Gasteiger partial charge in [0.25, 0.3) is 0 Å². The van der Waals surface area contributed by atoms with Gasteiger partial charge in [0.1, 0.15) is 0 Å². The molecule has 4 rings (SSSR count). The van der Waals surface area contributed by atoms with Gasteiger partial charge >= 0.3 is 0 Å². The molecular weight excluding hydrogens is 264 g/mol. The van der Waals surface area contributed by atoms with E-state index in [2.05, 4.69) is 53.7 Å². The average molecular weight is 292 g/mol. The fourth-order valence-corrected chi connectivity index (χ4v) is 4.89. The molecule has 0 saturated carbocycles. The molecular formula is C22H28. The highest BCUT2D eigenvalue weighted by Gasteiger charge is 2.46. The lowest BCUT2D eigenvalue weighted by atomic mass is 9.76. The van der Waals surface area contributed by atoms with Gasteiger partial charge in [-0.05, 0) is 64.5 Å². The molecule has 0 bridgehead atoms. The Morgan fingerprint density at radius 3 is 2.00 bits per heavy atom. The molecule has 0 saturated heterocycles. The molecule has 0 aromatic heterocycles. The van der Waals surface area contributed by atoms with E-state index in [0.717, 1.165) is 0 Å².